The highest BCUT2D eigenvalue weighted by atomic mass is 35.5. The first kappa shape index (κ1) is 33.7. The summed E-state index contributed by atoms with van der Waals surface area (Å²) >= 11 is 6.52. The molecule has 0 amide bonds. The van der Waals surface area contributed by atoms with Crippen LogP contribution in [-0.4, -0.2) is 53.8 Å². The molecule has 3 aromatic rings. The average Bonchev–Trinajstić information content (AvgIpc) is 2.96. The smallest absolute Gasteiger partial charge is 0.229 e. The Hall–Kier alpha value is -3.14. The standard InChI is InChI=1S/C37H48ClN5O3S/c1-22(2)46-34-20-28(27-18-32(25-11-9-12-25)43(6)33(19-27)26-13-10-14-26)24(5)17-31(34)41-37-39-21-29(38)36(42-37)40-30-15-7-8-16-35(30)47(44,45)23(3)4/h7-8,15-18,20-23,25-26,32-33H,9-14,19H2,1-6H3,(H2,39,40,41,42)/t32?,33-/m1/s1. The summed E-state index contributed by atoms with van der Waals surface area (Å²) in [4.78, 5) is 12.0. The normalized spacial score (nSPS) is 20.9. The summed E-state index contributed by atoms with van der Waals surface area (Å²) in [5, 5.41) is 6.21. The molecule has 2 heterocycles. The van der Waals surface area contributed by atoms with Gasteiger partial charge in [-0.1, -0.05) is 42.7 Å². The van der Waals surface area contributed by atoms with E-state index in [9.17, 15) is 8.42 Å². The van der Waals surface area contributed by atoms with Crippen LogP contribution in [0.25, 0.3) is 5.57 Å². The lowest BCUT2D eigenvalue weighted by Crippen LogP contribution is -2.51. The Balaban J connectivity index is 1.32. The van der Waals surface area contributed by atoms with Gasteiger partial charge in [-0.2, -0.15) is 4.98 Å². The summed E-state index contributed by atoms with van der Waals surface area (Å²) in [6.45, 7) is 9.55. The van der Waals surface area contributed by atoms with Gasteiger partial charge in [-0.05, 0) is 127 Å². The van der Waals surface area contributed by atoms with Crippen molar-refractivity contribution in [2.75, 3.05) is 17.7 Å². The molecule has 3 aliphatic rings. The molecule has 6 rings (SSSR count). The van der Waals surface area contributed by atoms with Crippen LogP contribution in [0.3, 0.4) is 0 Å². The number of hydrogen-bond acceptors (Lipinski definition) is 8. The van der Waals surface area contributed by atoms with Crippen molar-refractivity contribution in [1.29, 1.82) is 0 Å². The van der Waals surface area contributed by atoms with Gasteiger partial charge in [-0.3, -0.25) is 4.90 Å². The second-order valence-corrected chi connectivity index (χ2v) is 16.9. The van der Waals surface area contributed by atoms with Crippen LogP contribution in [0.1, 0.15) is 83.8 Å². The molecule has 0 bridgehead atoms. The zero-order chi connectivity index (χ0) is 33.5. The van der Waals surface area contributed by atoms with E-state index in [2.05, 4.69) is 57.7 Å². The summed E-state index contributed by atoms with van der Waals surface area (Å²) in [6.07, 6.45) is 13.1. The molecule has 10 heteroatoms. The lowest BCUT2D eigenvalue weighted by Gasteiger charge is -2.49. The van der Waals surface area contributed by atoms with Gasteiger partial charge in [0.25, 0.3) is 0 Å². The molecule has 2 aliphatic carbocycles. The fourth-order valence-corrected chi connectivity index (χ4v) is 8.41. The molecule has 0 radical (unpaired) electrons. The number of sulfone groups is 1. The molecule has 2 fully saturated rings. The maximum Gasteiger partial charge on any atom is 0.229 e. The van der Waals surface area contributed by atoms with Crippen molar-refractivity contribution >= 4 is 50.2 Å². The SMILES string of the molecule is Cc1cc(Nc2ncc(Cl)c(Nc3ccccc3S(=O)(=O)C(C)C)n2)c(OC(C)C)cc1C1=CC(C2CCC2)N(C)[C@@H](C2CCC2)C1. The molecule has 1 unspecified atom stereocenters. The van der Waals surface area contributed by atoms with E-state index in [1.807, 2.05) is 13.8 Å². The van der Waals surface area contributed by atoms with Gasteiger partial charge in [-0.25, -0.2) is 13.4 Å². The largest absolute Gasteiger partial charge is 0.489 e. The van der Waals surface area contributed by atoms with E-state index in [1.54, 1.807) is 38.1 Å². The predicted molar refractivity (Wildman–Crippen MR) is 192 cm³/mol. The van der Waals surface area contributed by atoms with Crippen molar-refractivity contribution in [2.24, 2.45) is 11.8 Å². The topological polar surface area (TPSA) is 96.5 Å². The van der Waals surface area contributed by atoms with Crippen molar-refractivity contribution in [3.63, 3.8) is 0 Å². The minimum absolute atomic E-state index is 0.0363. The van der Waals surface area contributed by atoms with Crippen molar-refractivity contribution in [1.82, 2.24) is 14.9 Å². The summed E-state index contributed by atoms with van der Waals surface area (Å²) in [6, 6.07) is 12.2. The van der Waals surface area contributed by atoms with Crippen LogP contribution in [-0.2, 0) is 9.84 Å². The Kier molecular flexibility index (Phi) is 9.89. The van der Waals surface area contributed by atoms with Gasteiger partial charge < -0.3 is 15.4 Å². The van der Waals surface area contributed by atoms with Crippen molar-refractivity contribution < 1.29 is 13.2 Å². The van der Waals surface area contributed by atoms with Gasteiger partial charge in [0.05, 0.1) is 33.8 Å². The second-order valence-electron chi connectivity index (χ2n) is 14.1. The number of anilines is 4. The van der Waals surface area contributed by atoms with E-state index < -0.39 is 15.1 Å². The van der Waals surface area contributed by atoms with Crippen LogP contribution in [0, 0.1) is 18.8 Å². The lowest BCUT2D eigenvalue weighted by atomic mass is 9.70. The molecule has 0 saturated heterocycles. The van der Waals surface area contributed by atoms with Crippen LogP contribution in [0.15, 0.2) is 53.6 Å². The van der Waals surface area contributed by atoms with E-state index in [1.165, 1.54) is 61.4 Å². The van der Waals surface area contributed by atoms with Gasteiger partial charge >= 0.3 is 0 Å². The third-order valence-electron chi connectivity index (χ3n) is 10.2. The summed E-state index contributed by atoms with van der Waals surface area (Å²) in [5.41, 5.74) is 5.01. The molecule has 0 spiro atoms. The molecule has 1 aromatic heterocycles. The van der Waals surface area contributed by atoms with E-state index in [0.29, 0.717) is 29.5 Å². The molecule has 8 nitrogen and oxygen atoms in total. The fourth-order valence-electron chi connectivity index (χ4n) is 7.07. The highest BCUT2D eigenvalue weighted by molar-refractivity contribution is 7.92. The number of nitrogens with one attached hydrogen (secondary N) is 2. The third-order valence-corrected chi connectivity index (χ3v) is 12.7. The molecule has 252 valence electrons. The number of likely N-dealkylation sites (N-methyl/N-ethyl adjacent to an activating group) is 1. The monoisotopic (exact) mass is 677 g/mol. The first-order chi connectivity index (χ1) is 22.4. The van der Waals surface area contributed by atoms with Crippen LogP contribution in [0.2, 0.25) is 5.02 Å². The van der Waals surface area contributed by atoms with Crippen molar-refractivity contribution in [2.45, 2.75) is 108 Å². The van der Waals surface area contributed by atoms with E-state index >= 15 is 0 Å². The zero-order valence-electron chi connectivity index (χ0n) is 28.4. The van der Waals surface area contributed by atoms with E-state index in [4.69, 9.17) is 16.3 Å². The van der Waals surface area contributed by atoms with Gasteiger partial charge in [0.2, 0.25) is 5.95 Å². The highest BCUT2D eigenvalue weighted by Gasteiger charge is 2.40. The second kappa shape index (κ2) is 13.8. The number of aromatic nitrogens is 2. The maximum atomic E-state index is 13.1. The van der Waals surface area contributed by atoms with E-state index in [-0.39, 0.29) is 16.0 Å². The minimum Gasteiger partial charge on any atom is -0.489 e. The fraction of sp³-hybridized carbons (Fsp3) is 0.514. The summed E-state index contributed by atoms with van der Waals surface area (Å²) < 4.78 is 32.5. The number of hydrogen-bond donors (Lipinski definition) is 2. The first-order valence-electron chi connectivity index (χ1n) is 17.1. The molecule has 2 aromatic carbocycles. The number of nitrogens with zero attached hydrogens (tertiary/aromatic N) is 3. The number of rotatable bonds is 11. The van der Waals surface area contributed by atoms with E-state index in [0.717, 1.165) is 29.7 Å². The molecular formula is C37H48ClN5O3S. The van der Waals surface area contributed by atoms with Crippen LogP contribution in [0.4, 0.5) is 23.1 Å². The van der Waals surface area contributed by atoms with Crippen LogP contribution in [0.5, 0.6) is 5.75 Å². The quantitative estimate of drug-likeness (QED) is 0.208. The zero-order valence-corrected chi connectivity index (χ0v) is 30.0. The predicted octanol–water partition coefficient (Wildman–Crippen LogP) is 8.95. The Morgan fingerprint density at radius 1 is 0.979 bits per heavy atom. The van der Waals surface area contributed by atoms with Gasteiger partial charge in [0.15, 0.2) is 15.7 Å². The van der Waals surface area contributed by atoms with Crippen molar-refractivity contribution in [3.8, 4) is 5.75 Å². The first-order valence-corrected chi connectivity index (χ1v) is 19.0. The molecule has 2 N–H and O–H groups in total. The number of para-hydroxylation sites is 1. The number of halogens is 1. The average molecular weight is 678 g/mol. The van der Waals surface area contributed by atoms with Gasteiger partial charge in [0, 0.05) is 12.1 Å². The Morgan fingerprint density at radius 3 is 2.32 bits per heavy atom. The highest BCUT2D eigenvalue weighted by Crippen LogP contribution is 2.46. The maximum absolute atomic E-state index is 13.1. The minimum atomic E-state index is -3.54. The molecule has 47 heavy (non-hydrogen) atoms. The third kappa shape index (κ3) is 7.03. The molecule has 1 aliphatic heterocycles. The molecule has 2 saturated carbocycles. The molecule has 2 atom stereocenters. The van der Waals surface area contributed by atoms with Gasteiger partial charge in [0.1, 0.15) is 10.8 Å². The Bertz CT molecular complexity index is 1750. The van der Waals surface area contributed by atoms with Crippen LogP contribution >= 0.6 is 11.6 Å². The number of aryl methyl sites for hydroxylation is 1. The lowest BCUT2D eigenvalue weighted by molar-refractivity contribution is 0.0521. The summed E-state index contributed by atoms with van der Waals surface area (Å²) in [5.74, 6) is 2.88. The van der Waals surface area contributed by atoms with Crippen molar-refractivity contribution in [3.05, 3.63) is 64.8 Å². The van der Waals surface area contributed by atoms with Crippen LogP contribution < -0.4 is 15.4 Å². The number of benzene rings is 2. The number of ether oxygens (including phenoxy) is 1. The molecular weight excluding hydrogens is 630 g/mol. The Morgan fingerprint density at radius 2 is 1.68 bits per heavy atom. The van der Waals surface area contributed by atoms with Gasteiger partial charge in [-0.15, -0.1) is 0 Å². The summed E-state index contributed by atoms with van der Waals surface area (Å²) in [7, 11) is -1.19. The Labute approximate surface area is 285 Å².